The van der Waals surface area contributed by atoms with Gasteiger partial charge in [-0.1, -0.05) is 34.9 Å². The zero-order valence-corrected chi connectivity index (χ0v) is 12.3. The Labute approximate surface area is 113 Å². The van der Waals surface area contributed by atoms with Crippen molar-refractivity contribution in [1.29, 1.82) is 0 Å². The summed E-state index contributed by atoms with van der Waals surface area (Å²) in [6.07, 6.45) is 16.8. The topological polar surface area (TPSA) is 0 Å². The average molecular weight is 244 g/mol. The van der Waals surface area contributed by atoms with Crippen LogP contribution in [0.15, 0.2) is 34.9 Å². The second-order valence-electron chi connectivity index (χ2n) is 6.25. The third kappa shape index (κ3) is 3.60. The van der Waals surface area contributed by atoms with Gasteiger partial charge in [-0.15, -0.1) is 0 Å². The first-order valence-electron chi connectivity index (χ1n) is 7.67. The van der Waals surface area contributed by atoms with E-state index in [1.807, 2.05) is 0 Å². The molecule has 18 heavy (non-hydrogen) atoms. The first-order chi connectivity index (χ1) is 8.69. The van der Waals surface area contributed by atoms with E-state index >= 15 is 0 Å². The Kier molecular flexibility index (Phi) is 4.86. The van der Waals surface area contributed by atoms with E-state index in [4.69, 9.17) is 0 Å². The minimum Gasteiger partial charge on any atom is -0.0884 e. The molecule has 0 amide bonds. The normalized spacial score (nSPS) is 27.8. The number of allylic oxidation sites excluding steroid dienone is 6. The van der Waals surface area contributed by atoms with E-state index in [-0.39, 0.29) is 0 Å². The van der Waals surface area contributed by atoms with Crippen LogP contribution in [-0.2, 0) is 0 Å². The van der Waals surface area contributed by atoms with E-state index in [2.05, 4.69) is 39.0 Å². The summed E-state index contributed by atoms with van der Waals surface area (Å²) in [5.74, 6) is 1.93. The molecule has 0 N–H and O–H groups in total. The van der Waals surface area contributed by atoms with Gasteiger partial charge in [0.25, 0.3) is 0 Å². The number of fused-ring (bicyclic) bond motifs is 2. The monoisotopic (exact) mass is 244 g/mol. The lowest BCUT2D eigenvalue weighted by atomic mass is 9.93. The fraction of sp³-hybridized carbons (Fsp3) is 0.667. The molecule has 2 aliphatic rings. The number of hydrogen-bond donors (Lipinski definition) is 0. The smallest absolute Gasteiger partial charge is 0.0139 e. The minimum absolute atomic E-state index is 0.957. The Morgan fingerprint density at radius 1 is 1.28 bits per heavy atom. The van der Waals surface area contributed by atoms with E-state index in [1.54, 1.807) is 11.1 Å². The molecule has 1 fully saturated rings. The van der Waals surface area contributed by atoms with Gasteiger partial charge in [0.15, 0.2) is 0 Å². The zero-order valence-electron chi connectivity index (χ0n) is 12.3. The van der Waals surface area contributed by atoms with Crippen molar-refractivity contribution < 1.29 is 0 Å². The molecule has 2 bridgehead atoms. The molecule has 0 nitrogen and oxygen atoms in total. The average Bonchev–Trinajstić information content (AvgIpc) is 2.98. The maximum Gasteiger partial charge on any atom is -0.0139 e. The summed E-state index contributed by atoms with van der Waals surface area (Å²) >= 11 is 0. The molecule has 0 aromatic carbocycles. The van der Waals surface area contributed by atoms with Crippen LogP contribution in [0.5, 0.6) is 0 Å². The van der Waals surface area contributed by atoms with Gasteiger partial charge in [-0.3, -0.25) is 0 Å². The van der Waals surface area contributed by atoms with Gasteiger partial charge < -0.3 is 0 Å². The summed E-state index contributed by atoms with van der Waals surface area (Å²) in [6.45, 7) is 6.63. The number of hydrogen-bond acceptors (Lipinski definition) is 0. The fourth-order valence-electron chi connectivity index (χ4n) is 3.36. The molecule has 2 rings (SSSR count). The lowest BCUT2D eigenvalue weighted by Crippen LogP contribution is -1.97. The highest BCUT2D eigenvalue weighted by Gasteiger charge is 2.31. The summed E-state index contributed by atoms with van der Waals surface area (Å²) in [4.78, 5) is 0. The van der Waals surface area contributed by atoms with Gasteiger partial charge in [-0.25, -0.2) is 0 Å². The lowest BCUT2D eigenvalue weighted by Gasteiger charge is -2.13. The van der Waals surface area contributed by atoms with Crippen LogP contribution in [0, 0.1) is 11.8 Å². The standard InChI is InChI=1S/C18H28/c1-4-14(2)8-9-15(3)6-5-7-17-12-16-10-11-18(17)13-16/h4,9,12,16,18H,5-8,10-11,13H2,1-3H3. The largest absolute Gasteiger partial charge is 0.0884 e. The Hall–Kier alpha value is -0.780. The zero-order chi connectivity index (χ0) is 13.0. The van der Waals surface area contributed by atoms with Crippen molar-refractivity contribution in [3.05, 3.63) is 34.9 Å². The SMILES string of the molecule is CC=C(C)CC=C(C)CCCC1=CC2CCC1C2. The second kappa shape index (κ2) is 6.41. The van der Waals surface area contributed by atoms with Crippen LogP contribution in [0.4, 0.5) is 0 Å². The van der Waals surface area contributed by atoms with Crippen LogP contribution in [0.3, 0.4) is 0 Å². The van der Waals surface area contributed by atoms with Gasteiger partial charge in [0.05, 0.1) is 0 Å². The molecule has 0 heterocycles. The van der Waals surface area contributed by atoms with E-state index in [0.29, 0.717) is 0 Å². The highest BCUT2D eigenvalue weighted by molar-refractivity contribution is 5.19. The van der Waals surface area contributed by atoms with Gasteiger partial charge in [0.1, 0.15) is 0 Å². The van der Waals surface area contributed by atoms with Crippen LogP contribution < -0.4 is 0 Å². The molecule has 2 aliphatic carbocycles. The molecular formula is C18H28. The molecule has 0 heteroatoms. The molecule has 0 aromatic heterocycles. The predicted molar refractivity (Wildman–Crippen MR) is 80.6 cm³/mol. The maximum atomic E-state index is 2.59. The van der Waals surface area contributed by atoms with Crippen molar-refractivity contribution in [2.24, 2.45) is 11.8 Å². The third-order valence-electron chi connectivity index (χ3n) is 4.75. The molecule has 0 aromatic rings. The Bertz CT molecular complexity index is 367. The summed E-state index contributed by atoms with van der Waals surface area (Å²) in [5.41, 5.74) is 4.84. The highest BCUT2D eigenvalue weighted by Crippen LogP contribution is 2.45. The van der Waals surface area contributed by atoms with E-state index in [0.717, 1.165) is 18.3 Å². The molecule has 0 saturated heterocycles. The summed E-state index contributed by atoms with van der Waals surface area (Å²) in [6, 6.07) is 0. The van der Waals surface area contributed by atoms with Crippen LogP contribution in [0.25, 0.3) is 0 Å². The quantitative estimate of drug-likeness (QED) is 0.517. The molecular weight excluding hydrogens is 216 g/mol. The molecule has 0 radical (unpaired) electrons. The van der Waals surface area contributed by atoms with Crippen LogP contribution in [0.2, 0.25) is 0 Å². The van der Waals surface area contributed by atoms with Gasteiger partial charge in [0, 0.05) is 0 Å². The molecule has 0 spiro atoms. The second-order valence-corrected chi connectivity index (χ2v) is 6.25. The molecule has 1 saturated carbocycles. The van der Waals surface area contributed by atoms with Gasteiger partial charge in [0.2, 0.25) is 0 Å². The van der Waals surface area contributed by atoms with Crippen LogP contribution in [-0.4, -0.2) is 0 Å². The van der Waals surface area contributed by atoms with Crippen molar-refractivity contribution in [3.63, 3.8) is 0 Å². The van der Waals surface area contributed by atoms with Crippen LogP contribution in [0.1, 0.15) is 65.7 Å². The Morgan fingerprint density at radius 3 is 2.72 bits per heavy atom. The van der Waals surface area contributed by atoms with Crippen molar-refractivity contribution in [2.45, 2.75) is 65.7 Å². The molecule has 2 unspecified atom stereocenters. The summed E-state index contributed by atoms with van der Waals surface area (Å²) in [5, 5.41) is 0. The number of rotatable bonds is 6. The molecule has 2 atom stereocenters. The van der Waals surface area contributed by atoms with Gasteiger partial charge in [-0.2, -0.15) is 0 Å². The van der Waals surface area contributed by atoms with Crippen molar-refractivity contribution in [2.75, 3.05) is 0 Å². The molecule has 100 valence electrons. The van der Waals surface area contributed by atoms with Gasteiger partial charge in [-0.05, 0) is 77.6 Å². The Morgan fingerprint density at radius 2 is 2.11 bits per heavy atom. The predicted octanol–water partition coefficient (Wildman–Crippen LogP) is 5.82. The first kappa shape index (κ1) is 13.6. The highest BCUT2D eigenvalue weighted by atomic mass is 14.4. The van der Waals surface area contributed by atoms with E-state index < -0.39 is 0 Å². The summed E-state index contributed by atoms with van der Waals surface area (Å²) in [7, 11) is 0. The fourth-order valence-corrected chi connectivity index (χ4v) is 3.36. The minimum atomic E-state index is 0.957. The van der Waals surface area contributed by atoms with E-state index in [9.17, 15) is 0 Å². The van der Waals surface area contributed by atoms with E-state index in [1.165, 1.54) is 44.1 Å². The first-order valence-corrected chi connectivity index (χ1v) is 7.67. The summed E-state index contributed by atoms with van der Waals surface area (Å²) < 4.78 is 0. The van der Waals surface area contributed by atoms with Crippen molar-refractivity contribution in [3.8, 4) is 0 Å². The molecule has 0 aliphatic heterocycles. The lowest BCUT2D eigenvalue weighted by molar-refractivity contribution is 0.611. The van der Waals surface area contributed by atoms with Crippen molar-refractivity contribution in [1.82, 2.24) is 0 Å². The van der Waals surface area contributed by atoms with Crippen LogP contribution >= 0.6 is 0 Å². The third-order valence-corrected chi connectivity index (χ3v) is 4.75. The Balaban J connectivity index is 1.68. The maximum absolute atomic E-state index is 2.59. The van der Waals surface area contributed by atoms with Gasteiger partial charge >= 0.3 is 0 Å². The van der Waals surface area contributed by atoms with Crippen molar-refractivity contribution >= 4 is 0 Å².